The SMILES string of the molecule is O=C(NCc1cccnc1)c1cnc(Nc2ccccc2C(F)(F)F)cn1. The predicted molar refractivity (Wildman–Crippen MR) is 92.2 cm³/mol. The van der Waals surface area contributed by atoms with E-state index in [2.05, 4.69) is 25.6 Å². The quantitative estimate of drug-likeness (QED) is 0.715. The molecular formula is C18H14F3N5O. The van der Waals surface area contributed by atoms with Crippen LogP contribution in [0.4, 0.5) is 24.7 Å². The number of alkyl halides is 3. The summed E-state index contributed by atoms with van der Waals surface area (Å²) in [5, 5.41) is 5.23. The normalized spacial score (nSPS) is 11.1. The van der Waals surface area contributed by atoms with Crippen LogP contribution in [0.3, 0.4) is 0 Å². The number of amides is 1. The van der Waals surface area contributed by atoms with Crippen molar-refractivity contribution in [2.24, 2.45) is 0 Å². The lowest BCUT2D eigenvalue weighted by Crippen LogP contribution is -2.24. The van der Waals surface area contributed by atoms with E-state index >= 15 is 0 Å². The van der Waals surface area contributed by atoms with Crippen LogP contribution in [0.25, 0.3) is 0 Å². The summed E-state index contributed by atoms with van der Waals surface area (Å²) < 4.78 is 39.0. The lowest BCUT2D eigenvalue weighted by atomic mass is 10.1. The number of carbonyl (C=O) groups is 1. The number of halogens is 3. The van der Waals surface area contributed by atoms with Crippen molar-refractivity contribution in [3.8, 4) is 0 Å². The summed E-state index contributed by atoms with van der Waals surface area (Å²) in [6.07, 6.45) is 1.14. The van der Waals surface area contributed by atoms with Gasteiger partial charge in [0, 0.05) is 18.9 Å². The summed E-state index contributed by atoms with van der Waals surface area (Å²) in [6, 6.07) is 8.60. The number of carbonyl (C=O) groups excluding carboxylic acids is 1. The van der Waals surface area contributed by atoms with Crippen LogP contribution >= 0.6 is 0 Å². The molecular weight excluding hydrogens is 359 g/mol. The van der Waals surface area contributed by atoms with E-state index in [4.69, 9.17) is 0 Å². The molecule has 2 N–H and O–H groups in total. The Balaban J connectivity index is 1.66. The molecule has 0 bridgehead atoms. The summed E-state index contributed by atoms with van der Waals surface area (Å²) in [4.78, 5) is 23.9. The molecule has 0 aliphatic heterocycles. The van der Waals surface area contributed by atoms with Crippen molar-refractivity contribution < 1.29 is 18.0 Å². The molecule has 0 aliphatic rings. The van der Waals surface area contributed by atoms with Gasteiger partial charge in [-0.3, -0.25) is 9.78 Å². The van der Waals surface area contributed by atoms with Crippen LogP contribution in [0, 0.1) is 0 Å². The lowest BCUT2D eigenvalue weighted by Gasteiger charge is -2.13. The fourth-order valence-electron chi connectivity index (χ4n) is 2.26. The van der Waals surface area contributed by atoms with E-state index < -0.39 is 17.6 Å². The molecule has 1 aromatic carbocycles. The van der Waals surface area contributed by atoms with Gasteiger partial charge in [0.1, 0.15) is 11.5 Å². The van der Waals surface area contributed by atoms with Crippen molar-refractivity contribution in [3.63, 3.8) is 0 Å². The fourth-order valence-corrected chi connectivity index (χ4v) is 2.26. The minimum absolute atomic E-state index is 0.0496. The Morgan fingerprint density at radius 2 is 1.81 bits per heavy atom. The Kier molecular flexibility index (Phi) is 5.30. The van der Waals surface area contributed by atoms with E-state index in [1.54, 1.807) is 18.5 Å². The standard InChI is InChI=1S/C18H14F3N5O/c19-18(20,21)13-5-1-2-6-14(13)26-16-11-23-15(10-24-16)17(27)25-9-12-4-3-7-22-8-12/h1-8,10-11H,9H2,(H,24,26)(H,25,27). The largest absolute Gasteiger partial charge is 0.418 e. The van der Waals surface area contributed by atoms with Gasteiger partial charge in [0.25, 0.3) is 5.91 Å². The zero-order valence-corrected chi connectivity index (χ0v) is 13.9. The van der Waals surface area contributed by atoms with Crippen LogP contribution in [-0.4, -0.2) is 20.9 Å². The van der Waals surface area contributed by atoms with Crippen LogP contribution in [0.1, 0.15) is 21.6 Å². The molecule has 3 rings (SSSR count). The maximum absolute atomic E-state index is 13.0. The van der Waals surface area contributed by atoms with E-state index in [0.29, 0.717) is 0 Å². The summed E-state index contributed by atoms with van der Waals surface area (Å²) in [6.45, 7) is 0.271. The molecule has 2 heterocycles. The number of nitrogens with zero attached hydrogens (tertiary/aromatic N) is 3. The lowest BCUT2D eigenvalue weighted by molar-refractivity contribution is -0.136. The van der Waals surface area contributed by atoms with Crippen LogP contribution in [0.2, 0.25) is 0 Å². The second kappa shape index (κ2) is 7.81. The molecule has 0 spiro atoms. The third-order valence-electron chi connectivity index (χ3n) is 3.56. The van der Waals surface area contributed by atoms with Gasteiger partial charge in [0.2, 0.25) is 0 Å². The molecule has 0 saturated heterocycles. The minimum atomic E-state index is -4.50. The Labute approximate surface area is 152 Å². The molecule has 0 atom stereocenters. The van der Waals surface area contributed by atoms with Gasteiger partial charge in [0.15, 0.2) is 0 Å². The Morgan fingerprint density at radius 1 is 1.00 bits per heavy atom. The molecule has 27 heavy (non-hydrogen) atoms. The molecule has 0 aliphatic carbocycles. The second-order valence-electron chi connectivity index (χ2n) is 5.50. The minimum Gasteiger partial charge on any atom is -0.347 e. The number of hydrogen-bond donors (Lipinski definition) is 2. The number of hydrogen-bond acceptors (Lipinski definition) is 5. The van der Waals surface area contributed by atoms with Crippen LogP contribution in [0.5, 0.6) is 0 Å². The highest BCUT2D eigenvalue weighted by atomic mass is 19.4. The highest BCUT2D eigenvalue weighted by molar-refractivity contribution is 5.92. The molecule has 3 aromatic rings. The van der Waals surface area contributed by atoms with Crippen molar-refractivity contribution in [1.82, 2.24) is 20.3 Å². The molecule has 138 valence electrons. The maximum Gasteiger partial charge on any atom is 0.418 e. The smallest absolute Gasteiger partial charge is 0.347 e. The van der Waals surface area contributed by atoms with Crippen molar-refractivity contribution in [2.45, 2.75) is 12.7 Å². The Hall–Kier alpha value is -3.49. The van der Waals surface area contributed by atoms with Gasteiger partial charge in [0.05, 0.1) is 23.6 Å². The molecule has 0 radical (unpaired) electrons. The number of benzene rings is 1. The second-order valence-corrected chi connectivity index (χ2v) is 5.50. The van der Waals surface area contributed by atoms with Crippen molar-refractivity contribution in [3.05, 3.63) is 78.0 Å². The van der Waals surface area contributed by atoms with Crippen molar-refractivity contribution in [1.29, 1.82) is 0 Å². The van der Waals surface area contributed by atoms with Gasteiger partial charge in [-0.25, -0.2) is 9.97 Å². The molecule has 0 fully saturated rings. The van der Waals surface area contributed by atoms with Crippen LogP contribution in [-0.2, 0) is 12.7 Å². The van der Waals surface area contributed by atoms with Gasteiger partial charge >= 0.3 is 6.18 Å². The number of anilines is 2. The van der Waals surface area contributed by atoms with Gasteiger partial charge < -0.3 is 10.6 Å². The third kappa shape index (κ3) is 4.78. The Bertz CT molecular complexity index is 914. The van der Waals surface area contributed by atoms with Crippen molar-refractivity contribution >= 4 is 17.4 Å². The number of aromatic nitrogens is 3. The molecule has 6 nitrogen and oxygen atoms in total. The molecule has 2 aromatic heterocycles. The van der Waals surface area contributed by atoms with Crippen LogP contribution in [0.15, 0.2) is 61.2 Å². The molecule has 0 unspecified atom stereocenters. The number of rotatable bonds is 5. The van der Waals surface area contributed by atoms with E-state index in [0.717, 1.165) is 11.6 Å². The monoisotopic (exact) mass is 373 g/mol. The van der Waals surface area contributed by atoms with E-state index in [-0.39, 0.29) is 23.7 Å². The first-order valence-corrected chi connectivity index (χ1v) is 7.86. The zero-order chi connectivity index (χ0) is 19.3. The maximum atomic E-state index is 13.0. The summed E-state index contributed by atoms with van der Waals surface area (Å²) in [5.41, 5.74) is -0.0902. The summed E-state index contributed by atoms with van der Waals surface area (Å²) in [7, 11) is 0. The average Bonchev–Trinajstić information content (AvgIpc) is 2.67. The van der Waals surface area contributed by atoms with Gasteiger partial charge in [-0.1, -0.05) is 18.2 Å². The number of nitrogens with one attached hydrogen (secondary N) is 2. The van der Waals surface area contributed by atoms with Gasteiger partial charge in [-0.15, -0.1) is 0 Å². The summed E-state index contributed by atoms with van der Waals surface area (Å²) in [5.74, 6) is -0.357. The van der Waals surface area contributed by atoms with E-state index in [9.17, 15) is 18.0 Å². The first-order chi connectivity index (χ1) is 12.9. The average molecular weight is 373 g/mol. The molecule has 9 heteroatoms. The van der Waals surface area contributed by atoms with Gasteiger partial charge in [-0.2, -0.15) is 13.2 Å². The fraction of sp³-hybridized carbons (Fsp3) is 0.111. The van der Waals surface area contributed by atoms with Crippen molar-refractivity contribution in [2.75, 3.05) is 5.32 Å². The topological polar surface area (TPSA) is 79.8 Å². The number of pyridine rings is 1. The van der Waals surface area contributed by atoms with Crippen LogP contribution < -0.4 is 10.6 Å². The first kappa shape index (κ1) is 18.3. The summed E-state index contributed by atoms with van der Waals surface area (Å²) >= 11 is 0. The highest BCUT2D eigenvalue weighted by Crippen LogP contribution is 2.35. The Morgan fingerprint density at radius 3 is 2.48 bits per heavy atom. The first-order valence-electron chi connectivity index (χ1n) is 7.86. The molecule has 1 amide bonds. The molecule has 0 saturated carbocycles. The zero-order valence-electron chi connectivity index (χ0n) is 13.9. The predicted octanol–water partition coefficient (Wildman–Crippen LogP) is 3.56. The van der Waals surface area contributed by atoms with Gasteiger partial charge in [-0.05, 0) is 23.8 Å². The van der Waals surface area contributed by atoms with E-state index in [1.807, 2.05) is 6.07 Å². The third-order valence-corrected chi connectivity index (χ3v) is 3.56. The highest BCUT2D eigenvalue weighted by Gasteiger charge is 2.33. The van der Waals surface area contributed by atoms with E-state index in [1.165, 1.54) is 30.6 Å². The number of para-hydroxylation sites is 1.